The van der Waals surface area contributed by atoms with E-state index in [2.05, 4.69) is 9.98 Å². The second-order valence-corrected chi connectivity index (χ2v) is 13.2. The van der Waals surface area contributed by atoms with Crippen molar-refractivity contribution in [3.8, 4) is 0 Å². The molecule has 136 valence electrons. The van der Waals surface area contributed by atoms with Gasteiger partial charge in [-0.3, -0.25) is 4.99 Å². The molecule has 0 aliphatic carbocycles. The van der Waals surface area contributed by atoms with Gasteiger partial charge < -0.3 is 0 Å². The number of allylic oxidation sites excluding steroid dienone is 3. The molecule has 1 aromatic rings. The van der Waals surface area contributed by atoms with Crippen molar-refractivity contribution in [3.05, 3.63) is 46.6 Å². The highest BCUT2D eigenvalue weighted by atomic mass is 28.3. The van der Waals surface area contributed by atoms with E-state index in [1.165, 1.54) is 0 Å². The Morgan fingerprint density at radius 3 is 2.20 bits per heavy atom. The molecule has 0 amide bonds. The van der Waals surface area contributed by atoms with Gasteiger partial charge in [0.25, 0.3) is 0 Å². The Labute approximate surface area is 148 Å². The first-order chi connectivity index (χ1) is 11.4. The van der Waals surface area contributed by atoms with Crippen LogP contribution in [-0.4, -0.2) is 25.3 Å². The number of rotatable bonds is 3. The van der Waals surface area contributed by atoms with Crippen LogP contribution in [0.4, 0.5) is 13.2 Å². The number of hydrogen-bond acceptors (Lipinski definition) is 2. The molecule has 2 nitrogen and oxygen atoms in total. The number of nitrogens with zero attached hydrogens (tertiary/aromatic N) is 2. The van der Waals surface area contributed by atoms with Crippen molar-refractivity contribution in [3.63, 3.8) is 0 Å². The quantitative estimate of drug-likeness (QED) is 0.551. The second-order valence-electron chi connectivity index (χ2n) is 7.99. The van der Waals surface area contributed by atoms with E-state index in [1.807, 2.05) is 53.8 Å². The van der Waals surface area contributed by atoms with Crippen molar-refractivity contribution in [2.75, 3.05) is 6.54 Å². The summed E-state index contributed by atoms with van der Waals surface area (Å²) in [5.74, 6) is -3.20. The fraction of sp³-hybridized carbons (Fsp3) is 0.474. The van der Waals surface area contributed by atoms with Crippen LogP contribution < -0.4 is 5.19 Å². The first-order valence-corrected chi connectivity index (χ1v) is 11.4. The van der Waals surface area contributed by atoms with E-state index in [9.17, 15) is 8.78 Å². The molecule has 0 unspecified atom stereocenters. The van der Waals surface area contributed by atoms with Crippen LogP contribution in [0.25, 0.3) is 0 Å². The number of aromatic nitrogens is 1. The summed E-state index contributed by atoms with van der Waals surface area (Å²) in [6.07, 6.45) is 3.61. The molecular formula is C19H25F3N2Si. The van der Waals surface area contributed by atoms with Gasteiger partial charge in [0, 0.05) is 10.8 Å². The summed E-state index contributed by atoms with van der Waals surface area (Å²) in [5.41, 5.74) is 1.78. The summed E-state index contributed by atoms with van der Waals surface area (Å²) in [7, 11) is -2.66. The maximum atomic E-state index is 15.4. The second kappa shape index (κ2) is 6.55. The van der Waals surface area contributed by atoms with E-state index in [4.69, 9.17) is 0 Å². The molecule has 0 fully saturated rings. The molecular weight excluding hydrogens is 341 g/mol. The predicted molar refractivity (Wildman–Crippen MR) is 99.9 cm³/mol. The highest BCUT2D eigenvalue weighted by Crippen LogP contribution is 2.37. The molecule has 0 saturated carbocycles. The first kappa shape index (κ1) is 19.6. The van der Waals surface area contributed by atoms with Gasteiger partial charge in [-0.05, 0) is 24.5 Å². The lowest BCUT2D eigenvalue weighted by molar-refractivity contribution is 0.469. The van der Waals surface area contributed by atoms with Gasteiger partial charge >= 0.3 is 0 Å². The van der Waals surface area contributed by atoms with Crippen LogP contribution in [0.3, 0.4) is 0 Å². The highest BCUT2D eigenvalue weighted by molar-refractivity contribution is 6.92. The standard InChI is InChI=1S/C19H25F3N2Si/c1-8-9-12-11(2)10-23-15(12)16-13(20)17(14(21)18(22)24-16)25(6,7)19(3,4)5/h8-9H,10H2,1-7H3. The Morgan fingerprint density at radius 2 is 1.68 bits per heavy atom. The smallest absolute Gasteiger partial charge is 0.249 e. The molecule has 2 heterocycles. The average molecular weight is 367 g/mol. The van der Waals surface area contributed by atoms with Crippen LogP contribution in [0.5, 0.6) is 0 Å². The van der Waals surface area contributed by atoms with Crippen molar-refractivity contribution in [1.82, 2.24) is 4.98 Å². The zero-order chi connectivity index (χ0) is 19.2. The van der Waals surface area contributed by atoms with E-state index in [1.54, 1.807) is 6.08 Å². The molecule has 0 spiro atoms. The van der Waals surface area contributed by atoms with Crippen molar-refractivity contribution >= 4 is 19.0 Å². The van der Waals surface area contributed by atoms with Gasteiger partial charge in [0.1, 0.15) is 5.69 Å². The third-order valence-corrected chi connectivity index (χ3v) is 10.7. The third-order valence-electron chi connectivity index (χ3n) is 5.28. The third kappa shape index (κ3) is 3.24. The van der Waals surface area contributed by atoms with Gasteiger partial charge in [-0.1, -0.05) is 46.0 Å². The van der Waals surface area contributed by atoms with Gasteiger partial charge in [0.2, 0.25) is 5.95 Å². The fourth-order valence-electron chi connectivity index (χ4n) is 2.76. The lowest BCUT2D eigenvalue weighted by Gasteiger charge is -2.37. The molecule has 0 bridgehead atoms. The molecule has 0 N–H and O–H groups in total. The minimum atomic E-state index is -2.66. The molecule has 25 heavy (non-hydrogen) atoms. The van der Waals surface area contributed by atoms with Crippen molar-refractivity contribution in [1.29, 1.82) is 0 Å². The van der Waals surface area contributed by atoms with Crippen LogP contribution in [0.15, 0.2) is 28.3 Å². The summed E-state index contributed by atoms with van der Waals surface area (Å²) in [5, 5.41) is -0.496. The highest BCUT2D eigenvalue weighted by Gasteiger charge is 2.43. The molecule has 0 aromatic carbocycles. The Kier molecular flexibility index (Phi) is 5.15. The Morgan fingerprint density at radius 1 is 1.08 bits per heavy atom. The zero-order valence-electron chi connectivity index (χ0n) is 15.9. The normalized spacial score (nSPS) is 16.2. The number of halogens is 3. The van der Waals surface area contributed by atoms with Gasteiger partial charge in [-0.25, -0.2) is 13.8 Å². The largest absolute Gasteiger partial charge is 0.278 e. The van der Waals surface area contributed by atoms with Crippen LogP contribution in [0.2, 0.25) is 18.1 Å². The first-order valence-electron chi connectivity index (χ1n) is 8.36. The lowest BCUT2D eigenvalue weighted by atomic mass is 10.0. The van der Waals surface area contributed by atoms with E-state index in [0.717, 1.165) is 11.1 Å². The summed E-state index contributed by atoms with van der Waals surface area (Å²) in [6, 6.07) is 0. The van der Waals surface area contributed by atoms with Crippen LogP contribution in [-0.2, 0) is 0 Å². The lowest BCUT2D eigenvalue weighted by Crippen LogP contribution is -2.53. The minimum Gasteiger partial charge on any atom is -0.278 e. The van der Waals surface area contributed by atoms with Gasteiger partial charge in [-0.2, -0.15) is 4.39 Å². The molecule has 1 aliphatic rings. The number of hydrogen-bond donors (Lipinski definition) is 0. The zero-order valence-corrected chi connectivity index (χ0v) is 16.9. The fourth-order valence-corrected chi connectivity index (χ4v) is 4.82. The maximum Gasteiger partial charge on any atom is 0.249 e. The Hall–Kier alpha value is -1.69. The molecule has 1 aromatic heterocycles. The topological polar surface area (TPSA) is 25.2 Å². The monoisotopic (exact) mass is 366 g/mol. The summed E-state index contributed by atoms with van der Waals surface area (Å²) < 4.78 is 44.2. The van der Waals surface area contributed by atoms with E-state index in [-0.39, 0.29) is 15.9 Å². The summed E-state index contributed by atoms with van der Waals surface area (Å²) >= 11 is 0. The van der Waals surface area contributed by atoms with E-state index >= 15 is 4.39 Å². The van der Waals surface area contributed by atoms with Gasteiger partial charge in [-0.15, -0.1) is 0 Å². The Balaban J connectivity index is 2.77. The average Bonchev–Trinajstić information content (AvgIpc) is 2.83. The minimum absolute atomic E-state index is 0.144. The van der Waals surface area contributed by atoms with Crippen LogP contribution in [0.1, 0.15) is 40.3 Å². The van der Waals surface area contributed by atoms with E-state index < -0.39 is 25.7 Å². The molecule has 0 atom stereocenters. The van der Waals surface area contributed by atoms with Crippen LogP contribution in [0, 0.1) is 17.6 Å². The summed E-state index contributed by atoms with van der Waals surface area (Å²) in [6.45, 7) is 13.6. The molecule has 0 saturated heterocycles. The number of aliphatic imine (C=N–C) groups is 1. The van der Waals surface area contributed by atoms with E-state index in [0.29, 0.717) is 12.3 Å². The SMILES string of the molecule is CC=CC1=C(C)CN=C1c1nc(F)c(F)c([Si](C)(C)C(C)(C)C)c1F. The Bertz CT molecular complexity index is 800. The molecule has 2 rings (SSSR count). The predicted octanol–water partition coefficient (Wildman–Crippen LogP) is 4.91. The van der Waals surface area contributed by atoms with Crippen LogP contribution >= 0.6 is 0 Å². The van der Waals surface area contributed by atoms with Gasteiger partial charge in [0.15, 0.2) is 11.6 Å². The number of pyridine rings is 1. The van der Waals surface area contributed by atoms with Gasteiger partial charge in [0.05, 0.1) is 20.3 Å². The molecule has 6 heteroatoms. The van der Waals surface area contributed by atoms with Crippen molar-refractivity contribution in [2.24, 2.45) is 4.99 Å². The molecule has 1 aliphatic heterocycles. The van der Waals surface area contributed by atoms with Crippen molar-refractivity contribution < 1.29 is 13.2 Å². The summed E-state index contributed by atoms with van der Waals surface area (Å²) in [4.78, 5) is 7.90. The molecule has 0 radical (unpaired) electrons. The maximum absolute atomic E-state index is 15.4. The van der Waals surface area contributed by atoms with Crippen molar-refractivity contribution in [2.45, 2.75) is 52.8 Å².